The Kier molecular flexibility index (Phi) is 9.05. The number of carbonyl (C=O) groups is 2. The standard InChI is InChI=1S/C25H35N3O4S/c1-7-14-26-25(30)21(5)27(16-22-11-9-8-10-19(22)3)24(29)17-28(33(6,31)32)23-15-18(2)12-13-20(23)4/h8-13,15,21H,7,14,16-17H2,1-6H3,(H,26,30)/t21-/m1/s1. The first kappa shape index (κ1) is 26.4. The van der Waals surface area contributed by atoms with Gasteiger partial charge >= 0.3 is 0 Å². The van der Waals surface area contributed by atoms with Crippen LogP contribution in [-0.2, 0) is 26.2 Å². The highest BCUT2D eigenvalue weighted by Gasteiger charge is 2.30. The summed E-state index contributed by atoms with van der Waals surface area (Å²) in [6.07, 6.45) is 1.86. The van der Waals surface area contributed by atoms with Crippen molar-refractivity contribution < 1.29 is 18.0 Å². The Hall–Kier alpha value is -2.87. The Balaban J connectivity index is 2.43. The highest BCUT2D eigenvalue weighted by molar-refractivity contribution is 7.92. The van der Waals surface area contributed by atoms with Gasteiger partial charge in [-0.05, 0) is 62.4 Å². The number of nitrogens with zero attached hydrogens (tertiary/aromatic N) is 2. The molecular formula is C25H35N3O4S. The Morgan fingerprint density at radius 3 is 2.30 bits per heavy atom. The van der Waals surface area contributed by atoms with Gasteiger partial charge in [0.05, 0.1) is 11.9 Å². The van der Waals surface area contributed by atoms with Crippen LogP contribution in [0.1, 0.15) is 42.5 Å². The maximum atomic E-state index is 13.5. The average Bonchev–Trinajstić information content (AvgIpc) is 2.75. The van der Waals surface area contributed by atoms with Crippen LogP contribution in [0.2, 0.25) is 0 Å². The fraction of sp³-hybridized carbons (Fsp3) is 0.440. The lowest BCUT2D eigenvalue weighted by molar-refractivity contribution is -0.139. The number of benzene rings is 2. The van der Waals surface area contributed by atoms with Crippen molar-refractivity contribution in [2.24, 2.45) is 0 Å². The Labute approximate surface area is 197 Å². The van der Waals surface area contributed by atoms with Crippen molar-refractivity contribution >= 4 is 27.5 Å². The SMILES string of the molecule is CCCNC(=O)[C@@H](C)N(Cc1ccccc1C)C(=O)CN(c1cc(C)ccc1C)S(C)(=O)=O. The third kappa shape index (κ3) is 7.05. The van der Waals surface area contributed by atoms with Crippen LogP contribution in [0.25, 0.3) is 0 Å². The zero-order valence-corrected chi connectivity index (χ0v) is 21.2. The van der Waals surface area contributed by atoms with Gasteiger partial charge in [0, 0.05) is 13.1 Å². The molecule has 0 unspecified atom stereocenters. The van der Waals surface area contributed by atoms with Crippen LogP contribution in [0, 0.1) is 20.8 Å². The summed E-state index contributed by atoms with van der Waals surface area (Å²) in [5.74, 6) is -0.708. The molecule has 0 saturated heterocycles. The molecule has 0 heterocycles. The smallest absolute Gasteiger partial charge is 0.244 e. The molecule has 0 radical (unpaired) electrons. The number of anilines is 1. The summed E-state index contributed by atoms with van der Waals surface area (Å²) >= 11 is 0. The second kappa shape index (κ2) is 11.3. The van der Waals surface area contributed by atoms with Crippen molar-refractivity contribution in [3.05, 3.63) is 64.7 Å². The third-order valence-electron chi connectivity index (χ3n) is 5.63. The largest absolute Gasteiger partial charge is 0.354 e. The van der Waals surface area contributed by atoms with Gasteiger partial charge in [0.2, 0.25) is 21.8 Å². The minimum absolute atomic E-state index is 0.205. The van der Waals surface area contributed by atoms with Crippen molar-refractivity contribution in [1.29, 1.82) is 0 Å². The maximum absolute atomic E-state index is 13.5. The molecule has 0 saturated carbocycles. The predicted octanol–water partition coefficient (Wildman–Crippen LogP) is 3.32. The number of nitrogens with one attached hydrogen (secondary N) is 1. The van der Waals surface area contributed by atoms with Crippen LogP contribution >= 0.6 is 0 Å². The van der Waals surface area contributed by atoms with Gasteiger partial charge < -0.3 is 10.2 Å². The predicted molar refractivity (Wildman–Crippen MR) is 133 cm³/mol. The van der Waals surface area contributed by atoms with Crippen LogP contribution in [-0.4, -0.2) is 50.5 Å². The van der Waals surface area contributed by atoms with E-state index >= 15 is 0 Å². The fourth-order valence-corrected chi connectivity index (χ4v) is 4.43. The minimum Gasteiger partial charge on any atom is -0.354 e. The van der Waals surface area contributed by atoms with Crippen molar-refractivity contribution in [2.75, 3.05) is 23.7 Å². The zero-order valence-electron chi connectivity index (χ0n) is 20.4. The van der Waals surface area contributed by atoms with E-state index in [9.17, 15) is 18.0 Å². The molecule has 2 rings (SSSR count). The van der Waals surface area contributed by atoms with Gasteiger partial charge in [0.15, 0.2) is 0 Å². The first-order valence-corrected chi connectivity index (χ1v) is 13.0. The number of rotatable bonds is 10. The molecular weight excluding hydrogens is 438 g/mol. The van der Waals surface area contributed by atoms with Crippen molar-refractivity contribution in [3.8, 4) is 0 Å². The van der Waals surface area contributed by atoms with Gasteiger partial charge in [-0.1, -0.05) is 43.3 Å². The summed E-state index contributed by atoms with van der Waals surface area (Å²) in [5.41, 5.74) is 3.99. The van der Waals surface area contributed by atoms with E-state index in [2.05, 4.69) is 5.32 Å². The zero-order chi connectivity index (χ0) is 24.8. The fourth-order valence-electron chi connectivity index (χ4n) is 3.53. The molecule has 0 spiro atoms. The van der Waals surface area contributed by atoms with E-state index in [0.717, 1.165) is 39.2 Å². The van der Waals surface area contributed by atoms with Crippen LogP contribution in [0.4, 0.5) is 5.69 Å². The second-order valence-electron chi connectivity index (χ2n) is 8.47. The molecule has 7 nitrogen and oxygen atoms in total. The summed E-state index contributed by atoms with van der Waals surface area (Å²) in [7, 11) is -3.74. The number of carbonyl (C=O) groups excluding carboxylic acids is 2. The highest BCUT2D eigenvalue weighted by atomic mass is 32.2. The highest BCUT2D eigenvalue weighted by Crippen LogP contribution is 2.24. The minimum atomic E-state index is -3.74. The lowest BCUT2D eigenvalue weighted by Gasteiger charge is -2.32. The first-order chi connectivity index (χ1) is 15.5. The molecule has 2 amide bonds. The van der Waals surface area contributed by atoms with Crippen molar-refractivity contribution in [2.45, 2.75) is 53.6 Å². The van der Waals surface area contributed by atoms with Crippen LogP contribution in [0.5, 0.6) is 0 Å². The Morgan fingerprint density at radius 1 is 1.03 bits per heavy atom. The number of sulfonamides is 1. The maximum Gasteiger partial charge on any atom is 0.244 e. The molecule has 1 atom stereocenters. The molecule has 0 aliphatic heterocycles. The van der Waals surface area contributed by atoms with Crippen LogP contribution in [0.3, 0.4) is 0 Å². The molecule has 0 aromatic heterocycles. The molecule has 0 aliphatic carbocycles. The van der Waals surface area contributed by atoms with E-state index in [1.54, 1.807) is 13.0 Å². The van der Waals surface area contributed by atoms with E-state index in [4.69, 9.17) is 0 Å². The third-order valence-corrected chi connectivity index (χ3v) is 6.76. The molecule has 0 bridgehead atoms. The Morgan fingerprint density at radius 2 is 1.70 bits per heavy atom. The van der Waals surface area contributed by atoms with E-state index in [-0.39, 0.29) is 19.0 Å². The first-order valence-electron chi connectivity index (χ1n) is 11.1. The molecule has 33 heavy (non-hydrogen) atoms. The second-order valence-corrected chi connectivity index (χ2v) is 10.4. The Bertz CT molecular complexity index is 1100. The summed E-state index contributed by atoms with van der Waals surface area (Å²) in [6, 6.07) is 12.4. The van der Waals surface area contributed by atoms with Gasteiger partial charge in [-0.15, -0.1) is 0 Å². The van der Waals surface area contributed by atoms with Gasteiger partial charge in [-0.25, -0.2) is 8.42 Å². The van der Waals surface area contributed by atoms with Gasteiger partial charge in [0.1, 0.15) is 12.6 Å². The lowest BCUT2D eigenvalue weighted by atomic mass is 10.1. The normalized spacial score (nSPS) is 12.2. The van der Waals surface area contributed by atoms with E-state index in [1.165, 1.54) is 4.90 Å². The lowest BCUT2D eigenvalue weighted by Crippen LogP contribution is -2.51. The molecule has 0 fully saturated rings. The molecule has 0 aliphatic rings. The average molecular weight is 474 g/mol. The number of hydrogen-bond acceptors (Lipinski definition) is 4. The van der Waals surface area contributed by atoms with Crippen molar-refractivity contribution in [1.82, 2.24) is 10.2 Å². The number of hydrogen-bond donors (Lipinski definition) is 1. The summed E-state index contributed by atoms with van der Waals surface area (Å²) in [4.78, 5) is 27.7. The molecule has 1 N–H and O–H groups in total. The van der Waals surface area contributed by atoms with Gasteiger partial charge in [-0.3, -0.25) is 13.9 Å². The van der Waals surface area contributed by atoms with Crippen LogP contribution in [0.15, 0.2) is 42.5 Å². The molecule has 180 valence electrons. The van der Waals surface area contributed by atoms with E-state index in [0.29, 0.717) is 12.2 Å². The monoisotopic (exact) mass is 473 g/mol. The number of amides is 2. The van der Waals surface area contributed by atoms with Gasteiger partial charge in [0.25, 0.3) is 0 Å². The summed E-state index contributed by atoms with van der Waals surface area (Å²) in [6.45, 7) is 9.57. The van der Waals surface area contributed by atoms with E-state index < -0.39 is 22.0 Å². The quantitative estimate of drug-likeness (QED) is 0.574. The topological polar surface area (TPSA) is 86.8 Å². The molecule has 2 aromatic carbocycles. The number of aryl methyl sites for hydroxylation is 3. The van der Waals surface area contributed by atoms with Crippen LogP contribution < -0.4 is 9.62 Å². The summed E-state index contributed by atoms with van der Waals surface area (Å²) < 4.78 is 26.5. The van der Waals surface area contributed by atoms with E-state index in [1.807, 2.05) is 64.1 Å². The summed E-state index contributed by atoms with van der Waals surface area (Å²) in [5, 5.41) is 2.83. The molecule has 2 aromatic rings. The van der Waals surface area contributed by atoms with Crippen molar-refractivity contribution in [3.63, 3.8) is 0 Å². The van der Waals surface area contributed by atoms with Gasteiger partial charge in [-0.2, -0.15) is 0 Å². The molecule has 8 heteroatoms.